The third-order valence-corrected chi connectivity index (χ3v) is 4.90. The van der Waals surface area contributed by atoms with E-state index in [1.165, 1.54) is 6.08 Å². The van der Waals surface area contributed by atoms with Crippen molar-refractivity contribution in [2.75, 3.05) is 31.2 Å². The number of anilines is 1. The highest BCUT2D eigenvalue weighted by molar-refractivity contribution is 5.85. The topological polar surface area (TPSA) is 105 Å². The predicted octanol–water partition coefficient (Wildman–Crippen LogP) is 2.75. The van der Waals surface area contributed by atoms with Gasteiger partial charge in [0.25, 0.3) is 0 Å². The standard InChI is InChI=1S/C22H24N4O4/c1-3-12-30-22(28)16(13-23)19-20(25-18-10-6-5-9-17(18)24-19)26-11-7-8-15(14-26)21(27)29-4-2/h3,5-6,9-10,15-16H,1,4,7-8,11-12,14H2,2H3/t15-,16-/m1/s1. The van der Waals surface area contributed by atoms with Gasteiger partial charge >= 0.3 is 11.9 Å². The van der Waals surface area contributed by atoms with Gasteiger partial charge in [0.15, 0.2) is 11.7 Å². The molecule has 156 valence electrons. The molecular formula is C22H24N4O4. The Morgan fingerprint density at radius 3 is 2.73 bits per heavy atom. The fourth-order valence-electron chi connectivity index (χ4n) is 3.50. The smallest absolute Gasteiger partial charge is 0.330 e. The molecule has 1 aromatic carbocycles. The largest absolute Gasteiger partial charge is 0.466 e. The van der Waals surface area contributed by atoms with Gasteiger partial charge < -0.3 is 14.4 Å². The first-order valence-corrected chi connectivity index (χ1v) is 9.94. The van der Waals surface area contributed by atoms with Crippen LogP contribution in [0.3, 0.4) is 0 Å². The molecular weight excluding hydrogens is 384 g/mol. The highest BCUT2D eigenvalue weighted by Gasteiger charge is 2.33. The highest BCUT2D eigenvalue weighted by atomic mass is 16.5. The third kappa shape index (κ3) is 4.57. The molecule has 0 spiro atoms. The van der Waals surface area contributed by atoms with Gasteiger partial charge in [0.05, 0.1) is 29.6 Å². The summed E-state index contributed by atoms with van der Waals surface area (Å²) in [4.78, 5) is 36.0. The lowest BCUT2D eigenvalue weighted by Crippen LogP contribution is -2.40. The molecule has 0 amide bonds. The highest BCUT2D eigenvalue weighted by Crippen LogP contribution is 2.31. The Morgan fingerprint density at radius 2 is 2.07 bits per heavy atom. The maximum atomic E-state index is 12.5. The quantitative estimate of drug-likeness (QED) is 0.509. The van der Waals surface area contributed by atoms with Gasteiger partial charge in [-0.05, 0) is 31.9 Å². The van der Waals surface area contributed by atoms with Crippen LogP contribution in [0.25, 0.3) is 11.0 Å². The minimum Gasteiger partial charge on any atom is -0.466 e. The van der Waals surface area contributed by atoms with E-state index in [-0.39, 0.29) is 24.2 Å². The summed E-state index contributed by atoms with van der Waals surface area (Å²) in [7, 11) is 0. The molecule has 2 heterocycles. The van der Waals surface area contributed by atoms with E-state index < -0.39 is 11.9 Å². The second-order valence-corrected chi connectivity index (χ2v) is 6.94. The van der Waals surface area contributed by atoms with Crippen LogP contribution >= 0.6 is 0 Å². The molecule has 0 saturated carbocycles. The second kappa shape index (κ2) is 9.83. The Balaban J connectivity index is 2.02. The maximum Gasteiger partial charge on any atom is 0.330 e. The summed E-state index contributed by atoms with van der Waals surface area (Å²) in [6.45, 7) is 6.64. The van der Waals surface area contributed by atoms with E-state index in [1.807, 2.05) is 29.2 Å². The Labute approximate surface area is 175 Å². The number of esters is 2. The number of hydrogen-bond donors (Lipinski definition) is 0. The molecule has 8 nitrogen and oxygen atoms in total. The van der Waals surface area contributed by atoms with Crippen LogP contribution in [0.15, 0.2) is 36.9 Å². The first-order chi connectivity index (χ1) is 14.6. The fraction of sp³-hybridized carbons (Fsp3) is 0.409. The number of benzene rings is 1. The molecule has 2 aromatic rings. The van der Waals surface area contributed by atoms with E-state index in [9.17, 15) is 14.9 Å². The molecule has 1 aliphatic heterocycles. The number of carbonyl (C=O) groups excluding carboxylic acids is 2. The third-order valence-electron chi connectivity index (χ3n) is 4.90. The van der Waals surface area contributed by atoms with Crippen molar-refractivity contribution in [3.05, 3.63) is 42.6 Å². The van der Waals surface area contributed by atoms with Crippen molar-refractivity contribution in [3.8, 4) is 6.07 Å². The first kappa shape index (κ1) is 21.2. The molecule has 8 heteroatoms. The number of ether oxygens (including phenoxy) is 2. The van der Waals surface area contributed by atoms with Crippen molar-refractivity contribution in [3.63, 3.8) is 0 Å². The van der Waals surface area contributed by atoms with Crippen molar-refractivity contribution in [1.82, 2.24) is 9.97 Å². The van der Waals surface area contributed by atoms with Crippen molar-refractivity contribution < 1.29 is 19.1 Å². The summed E-state index contributed by atoms with van der Waals surface area (Å²) in [5.74, 6) is -2.07. The van der Waals surface area contributed by atoms with E-state index in [0.717, 1.165) is 6.42 Å². The van der Waals surface area contributed by atoms with E-state index in [4.69, 9.17) is 14.5 Å². The van der Waals surface area contributed by atoms with Gasteiger partial charge in [0.1, 0.15) is 12.3 Å². The van der Waals surface area contributed by atoms with Crippen LogP contribution in [0.1, 0.15) is 31.4 Å². The maximum absolute atomic E-state index is 12.5. The summed E-state index contributed by atoms with van der Waals surface area (Å²) in [6, 6.07) is 9.25. The molecule has 0 bridgehead atoms. The number of hydrogen-bond acceptors (Lipinski definition) is 8. The summed E-state index contributed by atoms with van der Waals surface area (Å²) < 4.78 is 10.3. The number of rotatable bonds is 7. The molecule has 1 aliphatic rings. The lowest BCUT2D eigenvalue weighted by molar-refractivity contribution is -0.148. The molecule has 1 aromatic heterocycles. The number of carbonyl (C=O) groups is 2. The van der Waals surface area contributed by atoms with Gasteiger partial charge in [-0.1, -0.05) is 24.8 Å². The minimum absolute atomic E-state index is 0.00199. The van der Waals surface area contributed by atoms with Crippen molar-refractivity contribution in [2.45, 2.75) is 25.7 Å². The summed E-state index contributed by atoms with van der Waals surface area (Å²) in [5, 5.41) is 9.72. The van der Waals surface area contributed by atoms with Crippen LogP contribution < -0.4 is 4.90 Å². The van der Waals surface area contributed by atoms with Gasteiger partial charge in [0, 0.05) is 13.1 Å². The molecule has 0 unspecified atom stereocenters. The van der Waals surface area contributed by atoms with E-state index in [0.29, 0.717) is 43.0 Å². The Hall–Kier alpha value is -3.47. The first-order valence-electron chi connectivity index (χ1n) is 9.94. The number of aromatic nitrogens is 2. The zero-order valence-corrected chi connectivity index (χ0v) is 16.9. The van der Waals surface area contributed by atoms with Crippen LogP contribution in [-0.4, -0.2) is 48.2 Å². The van der Waals surface area contributed by atoms with E-state index in [1.54, 1.807) is 13.0 Å². The number of para-hydroxylation sites is 2. The van der Waals surface area contributed by atoms with Gasteiger partial charge in [-0.15, -0.1) is 0 Å². The molecule has 30 heavy (non-hydrogen) atoms. The second-order valence-electron chi connectivity index (χ2n) is 6.94. The number of piperidine rings is 1. The summed E-state index contributed by atoms with van der Waals surface area (Å²) in [6.07, 6.45) is 2.91. The van der Waals surface area contributed by atoms with Crippen LogP contribution in [0.5, 0.6) is 0 Å². The molecule has 0 aliphatic carbocycles. The monoisotopic (exact) mass is 408 g/mol. The average molecular weight is 408 g/mol. The van der Waals surface area contributed by atoms with Crippen LogP contribution in [0, 0.1) is 17.2 Å². The molecule has 1 fully saturated rings. The van der Waals surface area contributed by atoms with Crippen LogP contribution in [0.2, 0.25) is 0 Å². The summed E-state index contributed by atoms with van der Waals surface area (Å²) >= 11 is 0. The van der Waals surface area contributed by atoms with Crippen molar-refractivity contribution in [2.24, 2.45) is 5.92 Å². The number of nitrogens with zero attached hydrogens (tertiary/aromatic N) is 4. The molecule has 1 saturated heterocycles. The normalized spacial score (nSPS) is 17.1. The van der Waals surface area contributed by atoms with Gasteiger partial charge in [0.2, 0.25) is 0 Å². The van der Waals surface area contributed by atoms with Crippen molar-refractivity contribution in [1.29, 1.82) is 5.26 Å². The molecule has 3 rings (SSSR count). The lowest BCUT2D eigenvalue weighted by atomic mass is 9.97. The number of nitriles is 1. The fourth-order valence-corrected chi connectivity index (χ4v) is 3.50. The zero-order valence-electron chi connectivity index (χ0n) is 16.9. The van der Waals surface area contributed by atoms with E-state index >= 15 is 0 Å². The predicted molar refractivity (Wildman–Crippen MR) is 111 cm³/mol. The SMILES string of the molecule is C=CCOC(=O)[C@H](C#N)c1nc2ccccc2nc1N1CCC[C@@H](C(=O)OCC)C1. The van der Waals surface area contributed by atoms with Crippen LogP contribution in [-0.2, 0) is 19.1 Å². The molecule has 0 N–H and O–H groups in total. The average Bonchev–Trinajstić information content (AvgIpc) is 2.78. The van der Waals surface area contributed by atoms with Gasteiger partial charge in [-0.3, -0.25) is 9.59 Å². The molecule has 2 atom stereocenters. The molecule has 0 radical (unpaired) electrons. The van der Waals surface area contributed by atoms with Gasteiger partial charge in [-0.2, -0.15) is 5.26 Å². The van der Waals surface area contributed by atoms with Gasteiger partial charge in [-0.25, -0.2) is 9.97 Å². The summed E-state index contributed by atoms with van der Waals surface area (Å²) in [5.41, 5.74) is 1.45. The lowest BCUT2D eigenvalue weighted by Gasteiger charge is -2.33. The zero-order chi connectivity index (χ0) is 21.5. The Morgan fingerprint density at radius 1 is 1.33 bits per heavy atom. The Kier molecular flexibility index (Phi) is 6.96. The number of fused-ring (bicyclic) bond motifs is 1. The van der Waals surface area contributed by atoms with Crippen LogP contribution in [0.4, 0.5) is 5.82 Å². The van der Waals surface area contributed by atoms with E-state index in [2.05, 4.69) is 11.6 Å². The van der Waals surface area contributed by atoms with Crippen molar-refractivity contribution >= 4 is 28.8 Å². The minimum atomic E-state index is -1.24. The Bertz CT molecular complexity index is 985.